The average molecular weight is 248 g/mol. The predicted octanol–water partition coefficient (Wildman–Crippen LogP) is 3.36. The lowest BCUT2D eigenvalue weighted by Crippen LogP contribution is -2.32. The first-order valence-electron chi connectivity index (χ1n) is 6.64. The van der Waals surface area contributed by atoms with Crippen LogP contribution in [0.4, 0.5) is 0 Å². The van der Waals surface area contributed by atoms with Gasteiger partial charge >= 0.3 is 5.97 Å². The second kappa shape index (κ2) is 5.42. The molecule has 1 aromatic carbocycles. The van der Waals surface area contributed by atoms with E-state index in [1.807, 2.05) is 12.1 Å². The maximum absolute atomic E-state index is 11.7. The van der Waals surface area contributed by atoms with E-state index in [4.69, 9.17) is 0 Å². The van der Waals surface area contributed by atoms with Gasteiger partial charge in [0.05, 0.1) is 5.41 Å². The molecule has 3 heteroatoms. The number of carboxylic acids is 1. The van der Waals surface area contributed by atoms with Crippen LogP contribution < -0.4 is 0 Å². The van der Waals surface area contributed by atoms with Crippen LogP contribution in [0.5, 0.6) is 5.75 Å². The molecule has 1 fully saturated rings. The Morgan fingerprint density at radius 1 is 1.06 bits per heavy atom. The lowest BCUT2D eigenvalue weighted by atomic mass is 9.75. The van der Waals surface area contributed by atoms with Crippen molar-refractivity contribution >= 4 is 5.97 Å². The first-order chi connectivity index (χ1) is 8.62. The summed E-state index contributed by atoms with van der Waals surface area (Å²) in [5, 5.41) is 18.8. The molecule has 0 amide bonds. The van der Waals surface area contributed by atoms with E-state index in [1.54, 1.807) is 12.1 Å². The molecule has 3 nitrogen and oxygen atoms in total. The fourth-order valence-electron chi connectivity index (χ4n) is 2.88. The standard InChI is InChI=1S/C15H20O3/c16-13-7-5-12(6-8-13)11-15(14(17)18)9-3-1-2-4-10-15/h5-8,16H,1-4,9-11H2,(H,17,18). The third-order valence-corrected chi connectivity index (χ3v) is 3.99. The van der Waals surface area contributed by atoms with Crippen LogP contribution in [0, 0.1) is 5.41 Å². The average Bonchev–Trinajstić information content (AvgIpc) is 2.59. The smallest absolute Gasteiger partial charge is 0.309 e. The molecule has 1 saturated carbocycles. The summed E-state index contributed by atoms with van der Waals surface area (Å²) in [5.41, 5.74) is 0.394. The summed E-state index contributed by atoms with van der Waals surface area (Å²) in [7, 11) is 0. The van der Waals surface area contributed by atoms with Gasteiger partial charge in [-0.15, -0.1) is 0 Å². The van der Waals surface area contributed by atoms with Gasteiger partial charge in [0.2, 0.25) is 0 Å². The molecule has 0 atom stereocenters. The molecule has 1 aromatic rings. The van der Waals surface area contributed by atoms with Crippen LogP contribution in [0.1, 0.15) is 44.1 Å². The van der Waals surface area contributed by atoms with Gasteiger partial charge in [-0.3, -0.25) is 4.79 Å². The van der Waals surface area contributed by atoms with Gasteiger partial charge in [-0.25, -0.2) is 0 Å². The highest BCUT2D eigenvalue weighted by Crippen LogP contribution is 2.38. The highest BCUT2D eigenvalue weighted by atomic mass is 16.4. The van der Waals surface area contributed by atoms with Crippen LogP contribution in [0.25, 0.3) is 0 Å². The Morgan fingerprint density at radius 2 is 1.61 bits per heavy atom. The number of aliphatic carboxylic acids is 1. The van der Waals surface area contributed by atoms with Crippen LogP contribution in [0.15, 0.2) is 24.3 Å². The zero-order valence-electron chi connectivity index (χ0n) is 10.6. The highest BCUT2D eigenvalue weighted by Gasteiger charge is 2.38. The molecule has 0 unspecified atom stereocenters. The molecular weight excluding hydrogens is 228 g/mol. The Bertz CT molecular complexity index is 400. The summed E-state index contributed by atoms with van der Waals surface area (Å²) in [6.07, 6.45) is 6.40. The van der Waals surface area contributed by atoms with E-state index in [1.165, 1.54) is 0 Å². The van der Waals surface area contributed by atoms with Crippen LogP contribution >= 0.6 is 0 Å². The van der Waals surface area contributed by atoms with Crippen molar-refractivity contribution in [2.24, 2.45) is 5.41 Å². The van der Waals surface area contributed by atoms with Gasteiger partial charge in [-0.05, 0) is 37.0 Å². The minimum absolute atomic E-state index is 0.226. The molecule has 0 aromatic heterocycles. The molecule has 0 radical (unpaired) electrons. The third-order valence-electron chi connectivity index (χ3n) is 3.99. The Morgan fingerprint density at radius 3 is 2.11 bits per heavy atom. The molecule has 0 saturated heterocycles. The molecule has 0 bridgehead atoms. The summed E-state index contributed by atoms with van der Waals surface area (Å²) in [5.74, 6) is -0.443. The Hall–Kier alpha value is -1.51. The van der Waals surface area contributed by atoms with Gasteiger partial charge < -0.3 is 10.2 Å². The molecular formula is C15H20O3. The third kappa shape index (κ3) is 2.84. The number of rotatable bonds is 3. The monoisotopic (exact) mass is 248 g/mol. The van der Waals surface area contributed by atoms with Gasteiger partial charge in [0.1, 0.15) is 5.75 Å². The van der Waals surface area contributed by atoms with E-state index in [-0.39, 0.29) is 5.75 Å². The number of carboxylic acid groups (broad SMARTS) is 1. The number of hydrogen-bond donors (Lipinski definition) is 2. The number of benzene rings is 1. The molecule has 0 spiro atoms. The van der Waals surface area contributed by atoms with Gasteiger partial charge in [0, 0.05) is 0 Å². The van der Waals surface area contributed by atoms with Crippen molar-refractivity contribution in [3.63, 3.8) is 0 Å². The molecule has 0 aliphatic heterocycles. The summed E-state index contributed by atoms with van der Waals surface area (Å²) >= 11 is 0. The molecule has 2 N–H and O–H groups in total. The summed E-state index contributed by atoms with van der Waals surface area (Å²) < 4.78 is 0. The first kappa shape index (κ1) is 12.9. The van der Waals surface area contributed by atoms with Crippen molar-refractivity contribution in [1.29, 1.82) is 0 Å². The van der Waals surface area contributed by atoms with E-state index in [2.05, 4.69) is 0 Å². The van der Waals surface area contributed by atoms with Crippen LogP contribution in [-0.2, 0) is 11.2 Å². The van der Waals surface area contributed by atoms with Crippen molar-refractivity contribution < 1.29 is 15.0 Å². The van der Waals surface area contributed by atoms with E-state index in [0.29, 0.717) is 6.42 Å². The molecule has 1 aliphatic carbocycles. The number of aromatic hydroxyl groups is 1. The first-order valence-corrected chi connectivity index (χ1v) is 6.64. The fraction of sp³-hybridized carbons (Fsp3) is 0.533. The SMILES string of the molecule is O=C(O)C1(Cc2ccc(O)cc2)CCCCCC1. The van der Waals surface area contributed by atoms with Gasteiger partial charge in [0.25, 0.3) is 0 Å². The predicted molar refractivity (Wildman–Crippen MR) is 69.6 cm³/mol. The summed E-state index contributed by atoms with van der Waals surface area (Å²) in [6.45, 7) is 0. The Kier molecular flexibility index (Phi) is 3.90. The normalized spacial score (nSPS) is 19.1. The Labute approximate surface area is 107 Å². The molecule has 98 valence electrons. The van der Waals surface area contributed by atoms with Crippen molar-refractivity contribution in [3.8, 4) is 5.75 Å². The number of phenolic OH excluding ortho intramolecular Hbond substituents is 1. The molecule has 2 rings (SSSR count). The molecule has 0 heterocycles. The largest absolute Gasteiger partial charge is 0.508 e. The van der Waals surface area contributed by atoms with E-state index in [0.717, 1.165) is 44.1 Å². The van der Waals surface area contributed by atoms with E-state index >= 15 is 0 Å². The quantitative estimate of drug-likeness (QED) is 0.806. The Balaban J connectivity index is 2.19. The fourth-order valence-corrected chi connectivity index (χ4v) is 2.88. The zero-order valence-corrected chi connectivity index (χ0v) is 10.6. The maximum Gasteiger partial charge on any atom is 0.309 e. The van der Waals surface area contributed by atoms with E-state index < -0.39 is 11.4 Å². The highest BCUT2D eigenvalue weighted by molar-refractivity contribution is 5.75. The second-order valence-corrected chi connectivity index (χ2v) is 5.34. The minimum atomic E-state index is -0.669. The summed E-state index contributed by atoms with van der Waals surface area (Å²) in [6, 6.07) is 6.90. The van der Waals surface area contributed by atoms with Gasteiger partial charge in [-0.1, -0.05) is 37.8 Å². The molecule has 18 heavy (non-hydrogen) atoms. The van der Waals surface area contributed by atoms with Crippen LogP contribution in [0.3, 0.4) is 0 Å². The minimum Gasteiger partial charge on any atom is -0.508 e. The van der Waals surface area contributed by atoms with Crippen molar-refractivity contribution in [1.82, 2.24) is 0 Å². The zero-order chi connectivity index (χ0) is 13.0. The van der Waals surface area contributed by atoms with E-state index in [9.17, 15) is 15.0 Å². The van der Waals surface area contributed by atoms with Crippen molar-refractivity contribution in [3.05, 3.63) is 29.8 Å². The molecule has 1 aliphatic rings. The topological polar surface area (TPSA) is 57.5 Å². The summed E-state index contributed by atoms with van der Waals surface area (Å²) in [4.78, 5) is 11.7. The van der Waals surface area contributed by atoms with Crippen LogP contribution in [0.2, 0.25) is 0 Å². The maximum atomic E-state index is 11.7. The number of phenols is 1. The van der Waals surface area contributed by atoms with Crippen molar-refractivity contribution in [2.45, 2.75) is 44.9 Å². The van der Waals surface area contributed by atoms with Crippen molar-refractivity contribution in [2.75, 3.05) is 0 Å². The number of carbonyl (C=O) groups is 1. The van der Waals surface area contributed by atoms with Gasteiger partial charge in [0.15, 0.2) is 0 Å². The van der Waals surface area contributed by atoms with Crippen LogP contribution in [-0.4, -0.2) is 16.2 Å². The number of hydrogen-bond acceptors (Lipinski definition) is 2. The lowest BCUT2D eigenvalue weighted by Gasteiger charge is -2.28. The lowest BCUT2D eigenvalue weighted by molar-refractivity contribution is -0.149. The van der Waals surface area contributed by atoms with Gasteiger partial charge in [-0.2, -0.15) is 0 Å². The second-order valence-electron chi connectivity index (χ2n) is 5.34.